The summed E-state index contributed by atoms with van der Waals surface area (Å²) in [6.45, 7) is 0.776. The van der Waals surface area contributed by atoms with Crippen molar-refractivity contribution in [2.75, 3.05) is 6.54 Å². The predicted octanol–water partition coefficient (Wildman–Crippen LogP) is 3.95. The summed E-state index contributed by atoms with van der Waals surface area (Å²) in [5, 5.41) is 12.0. The number of alkyl halides is 3. The lowest BCUT2D eigenvalue weighted by atomic mass is 9.85. The summed E-state index contributed by atoms with van der Waals surface area (Å²) in [5.74, 6) is 0.187. The highest BCUT2D eigenvalue weighted by Gasteiger charge is 2.31. The minimum atomic E-state index is -4.31. The molecule has 22 heavy (non-hydrogen) atoms. The topological polar surface area (TPSA) is 35.8 Å². The maximum atomic E-state index is 12.5. The SMILES string of the molecule is N#CC1NCC1c1ccc(-c2ccc(C(F)(F)F)cc2)cc1. The zero-order chi connectivity index (χ0) is 15.7. The number of nitriles is 1. The Morgan fingerprint density at radius 1 is 0.955 bits per heavy atom. The highest BCUT2D eigenvalue weighted by Crippen LogP contribution is 2.32. The number of nitrogens with one attached hydrogen (secondary N) is 1. The average molecular weight is 302 g/mol. The Morgan fingerprint density at radius 2 is 1.50 bits per heavy atom. The van der Waals surface area contributed by atoms with Gasteiger partial charge in [-0.05, 0) is 28.8 Å². The van der Waals surface area contributed by atoms with E-state index < -0.39 is 11.7 Å². The standard InChI is InChI=1S/C17H13F3N2/c18-17(19,20)14-7-5-12(6-8-14)11-1-3-13(4-2-11)15-10-22-16(15)9-21/h1-8,15-16,22H,10H2. The molecular formula is C17H13F3N2. The van der Waals surface area contributed by atoms with E-state index in [1.165, 1.54) is 12.1 Å². The second-order valence-electron chi connectivity index (χ2n) is 5.32. The van der Waals surface area contributed by atoms with Crippen LogP contribution < -0.4 is 5.32 Å². The van der Waals surface area contributed by atoms with Gasteiger partial charge in [-0.1, -0.05) is 36.4 Å². The summed E-state index contributed by atoms with van der Waals surface area (Å²) < 4.78 is 37.6. The largest absolute Gasteiger partial charge is 0.416 e. The molecule has 1 heterocycles. The van der Waals surface area contributed by atoms with Gasteiger partial charge in [0.1, 0.15) is 6.04 Å². The molecule has 2 nitrogen and oxygen atoms in total. The Hall–Kier alpha value is -2.32. The van der Waals surface area contributed by atoms with E-state index in [9.17, 15) is 13.2 Å². The summed E-state index contributed by atoms with van der Waals surface area (Å²) in [5.41, 5.74) is 2.02. The van der Waals surface area contributed by atoms with Crippen LogP contribution >= 0.6 is 0 Å². The molecule has 0 radical (unpaired) electrons. The van der Waals surface area contributed by atoms with Gasteiger partial charge in [-0.3, -0.25) is 0 Å². The van der Waals surface area contributed by atoms with Gasteiger partial charge in [0.05, 0.1) is 11.6 Å². The van der Waals surface area contributed by atoms with Crippen molar-refractivity contribution in [1.29, 1.82) is 5.26 Å². The third-order valence-electron chi connectivity index (χ3n) is 3.98. The third kappa shape index (κ3) is 2.70. The number of nitrogens with zero attached hydrogens (tertiary/aromatic N) is 1. The summed E-state index contributed by atoms with van der Waals surface area (Å²) in [4.78, 5) is 0. The third-order valence-corrected chi connectivity index (χ3v) is 3.98. The minimum absolute atomic E-state index is 0.156. The maximum Gasteiger partial charge on any atom is 0.416 e. The number of benzene rings is 2. The lowest BCUT2D eigenvalue weighted by molar-refractivity contribution is -0.137. The van der Waals surface area contributed by atoms with E-state index in [1.807, 2.05) is 24.3 Å². The first-order chi connectivity index (χ1) is 10.5. The second-order valence-corrected chi connectivity index (χ2v) is 5.32. The Kier molecular flexibility index (Phi) is 3.63. The Morgan fingerprint density at radius 3 is 1.91 bits per heavy atom. The molecule has 0 amide bonds. The molecule has 0 saturated carbocycles. The summed E-state index contributed by atoms with van der Waals surface area (Å²) in [6, 6.07) is 14.8. The van der Waals surface area contributed by atoms with E-state index >= 15 is 0 Å². The number of hydrogen-bond acceptors (Lipinski definition) is 2. The van der Waals surface area contributed by atoms with E-state index in [0.717, 1.165) is 35.4 Å². The van der Waals surface area contributed by atoms with Crippen LogP contribution in [0.4, 0.5) is 13.2 Å². The molecule has 0 spiro atoms. The molecule has 2 aromatic carbocycles. The van der Waals surface area contributed by atoms with E-state index in [0.29, 0.717) is 0 Å². The van der Waals surface area contributed by atoms with Crippen LogP contribution in [0.3, 0.4) is 0 Å². The first kappa shape index (κ1) is 14.6. The smallest absolute Gasteiger partial charge is 0.301 e. The van der Waals surface area contributed by atoms with Gasteiger partial charge in [0, 0.05) is 12.5 Å². The first-order valence-corrected chi connectivity index (χ1v) is 6.89. The van der Waals surface area contributed by atoms with Gasteiger partial charge < -0.3 is 5.32 Å². The van der Waals surface area contributed by atoms with Crippen LogP contribution in [-0.4, -0.2) is 12.6 Å². The van der Waals surface area contributed by atoms with E-state index in [-0.39, 0.29) is 12.0 Å². The molecule has 2 aromatic rings. The fourth-order valence-electron chi connectivity index (χ4n) is 2.57. The quantitative estimate of drug-likeness (QED) is 0.911. The normalized spacial score (nSPS) is 21.0. The first-order valence-electron chi connectivity index (χ1n) is 6.89. The molecule has 0 bridgehead atoms. The second kappa shape index (κ2) is 5.47. The van der Waals surface area contributed by atoms with Crippen LogP contribution in [-0.2, 0) is 6.18 Å². The molecule has 0 aliphatic carbocycles. The molecule has 1 aliphatic heterocycles. The number of rotatable bonds is 2. The lowest BCUT2D eigenvalue weighted by Gasteiger charge is -2.33. The van der Waals surface area contributed by atoms with Crippen LogP contribution in [0.25, 0.3) is 11.1 Å². The molecule has 1 aliphatic rings. The van der Waals surface area contributed by atoms with Crippen LogP contribution in [0.15, 0.2) is 48.5 Å². The molecule has 2 atom stereocenters. The Bertz CT molecular complexity index is 697. The van der Waals surface area contributed by atoms with Crippen molar-refractivity contribution in [1.82, 2.24) is 5.32 Å². The van der Waals surface area contributed by atoms with Crippen LogP contribution in [0.1, 0.15) is 17.0 Å². The fraction of sp³-hybridized carbons (Fsp3) is 0.235. The van der Waals surface area contributed by atoms with Gasteiger partial charge >= 0.3 is 6.18 Å². The summed E-state index contributed by atoms with van der Waals surface area (Å²) >= 11 is 0. The van der Waals surface area contributed by atoms with Gasteiger partial charge in [0.25, 0.3) is 0 Å². The highest BCUT2D eigenvalue weighted by molar-refractivity contribution is 5.64. The van der Waals surface area contributed by atoms with Crippen LogP contribution in [0.5, 0.6) is 0 Å². The van der Waals surface area contributed by atoms with Gasteiger partial charge in [-0.2, -0.15) is 18.4 Å². The van der Waals surface area contributed by atoms with E-state index in [4.69, 9.17) is 5.26 Å². The van der Waals surface area contributed by atoms with Crippen LogP contribution in [0.2, 0.25) is 0 Å². The van der Waals surface area contributed by atoms with Crippen molar-refractivity contribution < 1.29 is 13.2 Å². The zero-order valence-corrected chi connectivity index (χ0v) is 11.6. The van der Waals surface area contributed by atoms with Gasteiger partial charge in [0.2, 0.25) is 0 Å². The molecule has 0 aromatic heterocycles. The Labute approximate surface area is 126 Å². The minimum Gasteiger partial charge on any atom is -0.301 e. The highest BCUT2D eigenvalue weighted by atomic mass is 19.4. The van der Waals surface area contributed by atoms with Crippen molar-refractivity contribution >= 4 is 0 Å². The van der Waals surface area contributed by atoms with E-state index in [1.54, 1.807) is 0 Å². The van der Waals surface area contributed by atoms with Gasteiger partial charge in [-0.15, -0.1) is 0 Å². The molecule has 1 fully saturated rings. The summed E-state index contributed by atoms with van der Waals surface area (Å²) in [6.07, 6.45) is -4.31. The van der Waals surface area contributed by atoms with Gasteiger partial charge in [0.15, 0.2) is 0 Å². The molecule has 3 rings (SSSR count). The molecular weight excluding hydrogens is 289 g/mol. The number of halogens is 3. The van der Waals surface area contributed by atoms with E-state index in [2.05, 4.69) is 11.4 Å². The Balaban J connectivity index is 1.80. The van der Waals surface area contributed by atoms with Crippen molar-refractivity contribution in [3.05, 3.63) is 59.7 Å². The number of hydrogen-bond donors (Lipinski definition) is 1. The van der Waals surface area contributed by atoms with Crippen LogP contribution in [0, 0.1) is 11.3 Å². The van der Waals surface area contributed by atoms with Crippen molar-refractivity contribution in [2.45, 2.75) is 18.1 Å². The van der Waals surface area contributed by atoms with Gasteiger partial charge in [-0.25, -0.2) is 0 Å². The monoisotopic (exact) mass is 302 g/mol. The molecule has 1 saturated heterocycles. The maximum absolute atomic E-state index is 12.5. The van der Waals surface area contributed by atoms with Crippen molar-refractivity contribution in [2.24, 2.45) is 0 Å². The molecule has 1 N–H and O–H groups in total. The fourth-order valence-corrected chi connectivity index (χ4v) is 2.57. The predicted molar refractivity (Wildman–Crippen MR) is 77.0 cm³/mol. The summed E-state index contributed by atoms with van der Waals surface area (Å²) in [7, 11) is 0. The molecule has 2 unspecified atom stereocenters. The van der Waals surface area contributed by atoms with Crippen molar-refractivity contribution in [3.63, 3.8) is 0 Å². The lowest BCUT2D eigenvalue weighted by Crippen LogP contribution is -2.49. The molecule has 5 heteroatoms. The van der Waals surface area contributed by atoms with Crippen molar-refractivity contribution in [3.8, 4) is 17.2 Å². The molecule has 112 valence electrons. The zero-order valence-electron chi connectivity index (χ0n) is 11.6. The average Bonchev–Trinajstić information content (AvgIpc) is 2.47.